The van der Waals surface area contributed by atoms with Crippen LogP contribution in [0.1, 0.15) is 17.0 Å². The maximum Gasteiger partial charge on any atom is 0.126 e. The standard InChI is InChI=1S/C13H13F2N3/c1-9-5-18-13(8-17-9)7-16-6-10-2-11(14)4-12(15)3-10/h2-5,8,16H,6-7H2,1H3. The summed E-state index contributed by atoms with van der Waals surface area (Å²) in [7, 11) is 0. The van der Waals surface area contributed by atoms with Crippen LogP contribution in [0.3, 0.4) is 0 Å². The molecule has 0 aliphatic carbocycles. The van der Waals surface area contributed by atoms with Gasteiger partial charge < -0.3 is 5.32 Å². The van der Waals surface area contributed by atoms with Crippen molar-refractivity contribution in [2.75, 3.05) is 0 Å². The fraction of sp³-hybridized carbons (Fsp3) is 0.231. The quantitative estimate of drug-likeness (QED) is 0.903. The van der Waals surface area contributed by atoms with Crippen LogP contribution in [0.25, 0.3) is 0 Å². The van der Waals surface area contributed by atoms with Crippen molar-refractivity contribution in [2.45, 2.75) is 20.0 Å². The highest BCUT2D eigenvalue weighted by molar-refractivity contribution is 5.17. The molecule has 18 heavy (non-hydrogen) atoms. The topological polar surface area (TPSA) is 37.8 Å². The number of nitrogens with one attached hydrogen (secondary N) is 1. The monoisotopic (exact) mass is 249 g/mol. The van der Waals surface area contributed by atoms with Gasteiger partial charge in [-0.3, -0.25) is 9.97 Å². The van der Waals surface area contributed by atoms with Gasteiger partial charge in [0.1, 0.15) is 11.6 Å². The molecule has 0 saturated heterocycles. The Bertz CT molecular complexity index is 506. The van der Waals surface area contributed by atoms with Crippen molar-refractivity contribution in [1.82, 2.24) is 15.3 Å². The van der Waals surface area contributed by atoms with E-state index >= 15 is 0 Å². The van der Waals surface area contributed by atoms with E-state index in [2.05, 4.69) is 15.3 Å². The van der Waals surface area contributed by atoms with Crippen LogP contribution in [0.4, 0.5) is 8.78 Å². The van der Waals surface area contributed by atoms with E-state index in [1.165, 1.54) is 12.1 Å². The van der Waals surface area contributed by atoms with Crippen LogP contribution in [-0.4, -0.2) is 9.97 Å². The van der Waals surface area contributed by atoms with Gasteiger partial charge >= 0.3 is 0 Å². The van der Waals surface area contributed by atoms with Crippen LogP contribution in [0.15, 0.2) is 30.6 Å². The lowest BCUT2D eigenvalue weighted by Gasteiger charge is -2.05. The molecule has 0 amide bonds. The van der Waals surface area contributed by atoms with Crippen LogP contribution >= 0.6 is 0 Å². The molecule has 0 aliphatic heterocycles. The summed E-state index contributed by atoms with van der Waals surface area (Å²) in [6.07, 6.45) is 3.35. The van der Waals surface area contributed by atoms with Gasteiger partial charge in [0.15, 0.2) is 0 Å². The molecule has 1 aromatic carbocycles. The van der Waals surface area contributed by atoms with Gasteiger partial charge in [-0.15, -0.1) is 0 Å². The minimum absolute atomic E-state index is 0.379. The third-order valence-corrected chi connectivity index (χ3v) is 2.39. The number of hydrogen-bond donors (Lipinski definition) is 1. The van der Waals surface area contributed by atoms with Crippen molar-refractivity contribution in [3.05, 3.63) is 59.2 Å². The molecule has 0 unspecified atom stereocenters. The zero-order chi connectivity index (χ0) is 13.0. The maximum atomic E-state index is 12.9. The molecule has 0 radical (unpaired) electrons. The molecule has 3 nitrogen and oxygen atoms in total. The average Bonchev–Trinajstić information content (AvgIpc) is 2.30. The summed E-state index contributed by atoms with van der Waals surface area (Å²) in [6.45, 7) is 2.75. The van der Waals surface area contributed by atoms with Crippen LogP contribution in [0.5, 0.6) is 0 Å². The minimum Gasteiger partial charge on any atom is -0.307 e. The number of benzene rings is 1. The lowest BCUT2D eigenvalue weighted by Crippen LogP contribution is -2.14. The summed E-state index contributed by atoms with van der Waals surface area (Å²) in [6, 6.07) is 3.46. The summed E-state index contributed by atoms with van der Waals surface area (Å²) >= 11 is 0. The normalized spacial score (nSPS) is 10.6. The molecule has 1 heterocycles. The largest absolute Gasteiger partial charge is 0.307 e. The molecule has 1 N–H and O–H groups in total. The number of aromatic nitrogens is 2. The Balaban J connectivity index is 1.90. The molecule has 2 rings (SSSR count). The molecular weight excluding hydrogens is 236 g/mol. The fourth-order valence-electron chi connectivity index (χ4n) is 1.56. The SMILES string of the molecule is Cc1cnc(CNCc2cc(F)cc(F)c2)cn1. The van der Waals surface area contributed by atoms with Crippen LogP contribution < -0.4 is 5.32 Å². The second kappa shape index (κ2) is 5.64. The highest BCUT2D eigenvalue weighted by Crippen LogP contribution is 2.07. The molecule has 1 aromatic heterocycles. The fourth-order valence-corrected chi connectivity index (χ4v) is 1.56. The van der Waals surface area contributed by atoms with E-state index in [1.807, 2.05) is 6.92 Å². The Morgan fingerprint density at radius 3 is 2.33 bits per heavy atom. The van der Waals surface area contributed by atoms with E-state index in [9.17, 15) is 8.78 Å². The Morgan fingerprint density at radius 2 is 1.72 bits per heavy atom. The second-order valence-corrected chi connectivity index (χ2v) is 4.03. The lowest BCUT2D eigenvalue weighted by molar-refractivity contribution is 0.574. The van der Waals surface area contributed by atoms with E-state index in [0.29, 0.717) is 18.7 Å². The van der Waals surface area contributed by atoms with Crippen molar-refractivity contribution in [1.29, 1.82) is 0 Å². The summed E-state index contributed by atoms with van der Waals surface area (Å²) in [5.74, 6) is -1.14. The van der Waals surface area contributed by atoms with Crippen LogP contribution in [0.2, 0.25) is 0 Å². The van der Waals surface area contributed by atoms with Crippen molar-refractivity contribution in [3.63, 3.8) is 0 Å². The van der Waals surface area contributed by atoms with Gasteiger partial charge in [0, 0.05) is 31.5 Å². The molecular formula is C13H13F2N3. The van der Waals surface area contributed by atoms with Crippen molar-refractivity contribution >= 4 is 0 Å². The van der Waals surface area contributed by atoms with Gasteiger partial charge in [0.05, 0.1) is 11.4 Å². The van der Waals surface area contributed by atoms with Crippen molar-refractivity contribution in [3.8, 4) is 0 Å². The van der Waals surface area contributed by atoms with Gasteiger partial charge in [-0.05, 0) is 24.6 Å². The molecule has 94 valence electrons. The minimum atomic E-state index is -0.568. The van der Waals surface area contributed by atoms with E-state index in [-0.39, 0.29) is 0 Å². The van der Waals surface area contributed by atoms with E-state index < -0.39 is 11.6 Å². The van der Waals surface area contributed by atoms with Gasteiger partial charge in [0.25, 0.3) is 0 Å². The number of rotatable bonds is 4. The number of hydrogen-bond acceptors (Lipinski definition) is 3. The molecule has 0 fully saturated rings. The first-order valence-corrected chi connectivity index (χ1v) is 5.57. The Kier molecular flexibility index (Phi) is 3.94. The smallest absolute Gasteiger partial charge is 0.126 e. The van der Waals surface area contributed by atoms with Gasteiger partial charge in [0.2, 0.25) is 0 Å². The highest BCUT2D eigenvalue weighted by Gasteiger charge is 2.01. The molecule has 0 aliphatic rings. The zero-order valence-corrected chi connectivity index (χ0v) is 9.95. The molecule has 0 atom stereocenters. The van der Waals surface area contributed by atoms with Crippen molar-refractivity contribution in [2.24, 2.45) is 0 Å². The Labute approximate surface area is 104 Å². The molecule has 0 bridgehead atoms. The first-order valence-electron chi connectivity index (χ1n) is 5.57. The van der Waals surface area contributed by atoms with Gasteiger partial charge in [-0.1, -0.05) is 0 Å². The predicted octanol–water partition coefficient (Wildman–Crippen LogP) is 2.35. The van der Waals surface area contributed by atoms with Crippen molar-refractivity contribution < 1.29 is 8.78 Å². The first-order chi connectivity index (χ1) is 8.63. The lowest BCUT2D eigenvalue weighted by atomic mass is 10.2. The van der Waals surface area contributed by atoms with E-state index in [4.69, 9.17) is 0 Å². The molecule has 5 heteroatoms. The second-order valence-electron chi connectivity index (χ2n) is 4.03. The Morgan fingerprint density at radius 1 is 1.00 bits per heavy atom. The Hall–Kier alpha value is -1.88. The van der Waals surface area contributed by atoms with E-state index in [0.717, 1.165) is 17.5 Å². The van der Waals surface area contributed by atoms with E-state index in [1.54, 1.807) is 12.4 Å². The summed E-state index contributed by atoms with van der Waals surface area (Å²) in [4.78, 5) is 8.28. The summed E-state index contributed by atoms with van der Waals surface area (Å²) in [5.41, 5.74) is 2.20. The number of nitrogens with zero attached hydrogens (tertiary/aromatic N) is 2. The maximum absolute atomic E-state index is 12.9. The molecule has 0 spiro atoms. The zero-order valence-electron chi connectivity index (χ0n) is 9.95. The average molecular weight is 249 g/mol. The predicted molar refractivity (Wildman–Crippen MR) is 63.7 cm³/mol. The number of aryl methyl sites for hydroxylation is 1. The molecule has 2 aromatic rings. The third-order valence-electron chi connectivity index (χ3n) is 2.39. The van der Waals surface area contributed by atoms with Crippen LogP contribution in [-0.2, 0) is 13.1 Å². The first kappa shape index (κ1) is 12.6. The summed E-state index contributed by atoms with van der Waals surface area (Å²) < 4.78 is 25.9. The summed E-state index contributed by atoms with van der Waals surface area (Å²) in [5, 5.41) is 3.06. The highest BCUT2D eigenvalue weighted by atomic mass is 19.1. The van der Waals surface area contributed by atoms with Gasteiger partial charge in [-0.25, -0.2) is 8.78 Å². The molecule has 0 saturated carbocycles. The third kappa shape index (κ3) is 3.56. The van der Waals surface area contributed by atoms with Gasteiger partial charge in [-0.2, -0.15) is 0 Å². The number of halogens is 2. The van der Waals surface area contributed by atoms with Crippen LogP contribution in [0, 0.1) is 18.6 Å².